The Bertz CT molecular complexity index is 496. The van der Waals surface area contributed by atoms with Gasteiger partial charge >= 0.3 is 12.2 Å². The molecule has 8 heteroatoms. The number of carbonyl (C=O) groups excluding carboxylic acids is 1. The van der Waals surface area contributed by atoms with Gasteiger partial charge in [0.15, 0.2) is 0 Å². The molecule has 2 rings (SSSR count). The fourth-order valence-electron chi connectivity index (χ4n) is 1.81. The molecule has 21 heavy (non-hydrogen) atoms. The number of ether oxygens (including phenoxy) is 1. The minimum Gasteiger partial charge on any atom is -0.471 e. The predicted octanol–water partition coefficient (Wildman–Crippen LogP) is 2.28. The van der Waals surface area contributed by atoms with Crippen molar-refractivity contribution >= 4 is 6.03 Å². The summed E-state index contributed by atoms with van der Waals surface area (Å²) in [5.41, 5.74) is -0.818. The highest BCUT2D eigenvalue weighted by molar-refractivity contribution is 5.75. The lowest BCUT2D eigenvalue weighted by molar-refractivity contribution is -0.137. The zero-order chi connectivity index (χ0) is 15.6. The van der Waals surface area contributed by atoms with Gasteiger partial charge in [0, 0.05) is 18.3 Å². The number of halogens is 3. The standard InChI is InChI=1S/C13H16F3N3O2/c1-8(2)18-12(20)19-6-10(7-19)21-11-4-3-9(5-17-11)13(14,15)16/h3-5,8,10H,6-7H2,1-2H3,(H,18,20). The van der Waals surface area contributed by atoms with Gasteiger partial charge in [-0.3, -0.25) is 0 Å². The maximum atomic E-state index is 12.4. The summed E-state index contributed by atoms with van der Waals surface area (Å²) in [6.45, 7) is 4.50. The molecule has 5 nitrogen and oxygen atoms in total. The number of alkyl halides is 3. The van der Waals surface area contributed by atoms with Crippen LogP contribution in [0.4, 0.5) is 18.0 Å². The highest BCUT2D eigenvalue weighted by Crippen LogP contribution is 2.29. The number of carbonyl (C=O) groups is 1. The quantitative estimate of drug-likeness (QED) is 0.932. The molecular formula is C13H16F3N3O2. The van der Waals surface area contributed by atoms with Crippen LogP contribution in [0, 0.1) is 0 Å². The summed E-state index contributed by atoms with van der Waals surface area (Å²) >= 11 is 0. The van der Waals surface area contributed by atoms with E-state index in [0.29, 0.717) is 13.1 Å². The van der Waals surface area contributed by atoms with Gasteiger partial charge in [-0.05, 0) is 19.9 Å². The second-order valence-electron chi connectivity index (χ2n) is 5.13. The number of pyridine rings is 1. The van der Waals surface area contributed by atoms with E-state index in [1.165, 1.54) is 6.07 Å². The number of rotatable bonds is 3. The number of hydrogen-bond donors (Lipinski definition) is 1. The van der Waals surface area contributed by atoms with E-state index in [-0.39, 0.29) is 24.1 Å². The molecule has 2 heterocycles. The number of nitrogens with zero attached hydrogens (tertiary/aromatic N) is 2. The lowest BCUT2D eigenvalue weighted by Crippen LogP contribution is -2.59. The van der Waals surface area contributed by atoms with Crippen LogP contribution in [0.1, 0.15) is 19.4 Å². The van der Waals surface area contributed by atoms with E-state index in [1.54, 1.807) is 4.90 Å². The van der Waals surface area contributed by atoms with Crippen LogP contribution >= 0.6 is 0 Å². The maximum Gasteiger partial charge on any atom is 0.417 e. The Hall–Kier alpha value is -1.99. The summed E-state index contributed by atoms with van der Waals surface area (Å²) in [4.78, 5) is 16.8. The Labute approximate surface area is 120 Å². The molecule has 1 aromatic rings. The fourth-order valence-corrected chi connectivity index (χ4v) is 1.81. The summed E-state index contributed by atoms with van der Waals surface area (Å²) < 4.78 is 42.5. The molecule has 116 valence electrons. The maximum absolute atomic E-state index is 12.4. The van der Waals surface area contributed by atoms with Gasteiger partial charge in [0.1, 0.15) is 6.10 Å². The first-order valence-corrected chi connectivity index (χ1v) is 6.51. The molecule has 0 unspecified atom stereocenters. The first kappa shape index (κ1) is 15.4. The molecule has 0 radical (unpaired) electrons. The third-order valence-corrected chi connectivity index (χ3v) is 2.90. The topological polar surface area (TPSA) is 54.5 Å². The van der Waals surface area contributed by atoms with Crippen LogP contribution in [0.3, 0.4) is 0 Å². The van der Waals surface area contributed by atoms with Crippen molar-refractivity contribution in [2.24, 2.45) is 0 Å². The average Bonchev–Trinajstić information content (AvgIpc) is 2.31. The Morgan fingerprint density at radius 2 is 2.10 bits per heavy atom. The van der Waals surface area contributed by atoms with E-state index in [9.17, 15) is 18.0 Å². The van der Waals surface area contributed by atoms with Crippen LogP contribution in [-0.2, 0) is 6.18 Å². The van der Waals surface area contributed by atoms with Crippen LogP contribution in [0.5, 0.6) is 5.88 Å². The normalized spacial score (nSPS) is 15.8. The number of nitrogens with one attached hydrogen (secondary N) is 1. The van der Waals surface area contributed by atoms with E-state index >= 15 is 0 Å². The van der Waals surface area contributed by atoms with Crippen molar-refractivity contribution in [3.63, 3.8) is 0 Å². The molecule has 0 saturated carbocycles. The van der Waals surface area contributed by atoms with Crippen LogP contribution in [-0.4, -0.2) is 41.2 Å². The molecule has 1 aliphatic rings. The SMILES string of the molecule is CC(C)NC(=O)N1CC(Oc2ccc(C(F)(F)F)cn2)C1. The minimum atomic E-state index is -4.41. The molecule has 0 aromatic carbocycles. The van der Waals surface area contributed by atoms with E-state index in [0.717, 1.165) is 12.3 Å². The predicted molar refractivity (Wildman–Crippen MR) is 68.9 cm³/mol. The van der Waals surface area contributed by atoms with Gasteiger partial charge in [0.25, 0.3) is 0 Å². The monoisotopic (exact) mass is 303 g/mol. The van der Waals surface area contributed by atoms with E-state index < -0.39 is 11.7 Å². The Morgan fingerprint density at radius 3 is 2.57 bits per heavy atom. The van der Waals surface area contributed by atoms with Gasteiger partial charge in [-0.1, -0.05) is 0 Å². The largest absolute Gasteiger partial charge is 0.471 e. The molecule has 2 amide bonds. The van der Waals surface area contributed by atoms with Crippen molar-refractivity contribution in [2.75, 3.05) is 13.1 Å². The van der Waals surface area contributed by atoms with Crippen molar-refractivity contribution in [1.82, 2.24) is 15.2 Å². The van der Waals surface area contributed by atoms with E-state index in [4.69, 9.17) is 4.74 Å². The van der Waals surface area contributed by atoms with Crippen molar-refractivity contribution < 1.29 is 22.7 Å². The first-order chi connectivity index (χ1) is 9.75. The third kappa shape index (κ3) is 3.99. The van der Waals surface area contributed by atoms with Gasteiger partial charge in [0.05, 0.1) is 18.7 Å². The number of urea groups is 1. The molecule has 1 aromatic heterocycles. The van der Waals surface area contributed by atoms with Gasteiger partial charge in [-0.15, -0.1) is 0 Å². The van der Waals surface area contributed by atoms with Crippen molar-refractivity contribution in [3.05, 3.63) is 23.9 Å². The molecule has 1 fully saturated rings. The third-order valence-electron chi connectivity index (χ3n) is 2.90. The Kier molecular flexibility index (Phi) is 4.24. The van der Waals surface area contributed by atoms with Gasteiger partial charge in [-0.25, -0.2) is 9.78 Å². The van der Waals surface area contributed by atoms with Crippen molar-refractivity contribution in [3.8, 4) is 5.88 Å². The smallest absolute Gasteiger partial charge is 0.417 e. The summed E-state index contributed by atoms with van der Waals surface area (Å²) in [5.74, 6) is 0.122. The zero-order valence-corrected chi connectivity index (χ0v) is 11.6. The van der Waals surface area contributed by atoms with Crippen LogP contribution in [0.15, 0.2) is 18.3 Å². The molecule has 0 spiro atoms. The number of amides is 2. The fraction of sp³-hybridized carbons (Fsp3) is 0.538. The summed E-state index contributed by atoms with van der Waals surface area (Å²) in [6, 6.07) is 1.98. The number of likely N-dealkylation sites (tertiary alicyclic amines) is 1. The molecular weight excluding hydrogens is 287 g/mol. The van der Waals surface area contributed by atoms with Crippen molar-refractivity contribution in [2.45, 2.75) is 32.2 Å². The number of aromatic nitrogens is 1. The molecule has 0 atom stereocenters. The summed E-state index contributed by atoms with van der Waals surface area (Å²) in [7, 11) is 0. The average molecular weight is 303 g/mol. The Balaban J connectivity index is 1.81. The molecule has 0 bridgehead atoms. The molecule has 0 aliphatic carbocycles. The Morgan fingerprint density at radius 1 is 1.43 bits per heavy atom. The second-order valence-corrected chi connectivity index (χ2v) is 5.13. The highest BCUT2D eigenvalue weighted by Gasteiger charge is 2.33. The van der Waals surface area contributed by atoms with Gasteiger partial charge in [0.2, 0.25) is 5.88 Å². The molecule has 1 aliphatic heterocycles. The lowest BCUT2D eigenvalue weighted by Gasteiger charge is -2.38. The van der Waals surface area contributed by atoms with Crippen molar-refractivity contribution in [1.29, 1.82) is 0 Å². The summed E-state index contributed by atoms with van der Waals surface area (Å²) in [6.07, 6.45) is -3.92. The molecule has 1 saturated heterocycles. The lowest BCUT2D eigenvalue weighted by atomic mass is 10.2. The van der Waals surface area contributed by atoms with Crippen LogP contribution in [0.25, 0.3) is 0 Å². The minimum absolute atomic E-state index is 0.0500. The van der Waals surface area contributed by atoms with Crippen LogP contribution in [0.2, 0.25) is 0 Å². The summed E-state index contributed by atoms with van der Waals surface area (Å²) in [5, 5.41) is 2.74. The second kappa shape index (κ2) is 5.79. The zero-order valence-electron chi connectivity index (χ0n) is 11.6. The first-order valence-electron chi connectivity index (χ1n) is 6.51. The highest BCUT2D eigenvalue weighted by atomic mass is 19.4. The van der Waals surface area contributed by atoms with Gasteiger partial charge in [-0.2, -0.15) is 13.2 Å². The number of hydrogen-bond acceptors (Lipinski definition) is 3. The van der Waals surface area contributed by atoms with E-state index in [2.05, 4.69) is 10.3 Å². The van der Waals surface area contributed by atoms with Gasteiger partial charge < -0.3 is 15.0 Å². The molecule has 1 N–H and O–H groups in total. The van der Waals surface area contributed by atoms with E-state index in [1.807, 2.05) is 13.8 Å². The van der Waals surface area contributed by atoms with Crippen LogP contribution < -0.4 is 10.1 Å².